The first-order valence-corrected chi connectivity index (χ1v) is 6.87. The van der Waals surface area contributed by atoms with Gasteiger partial charge in [-0.05, 0) is 29.8 Å². The van der Waals surface area contributed by atoms with E-state index in [-0.39, 0.29) is 12.3 Å². The summed E-state index contributed by atoms with van der Waals surface area (Å²) in [4.78, 5) is 22.8. The molecule has 0 saturated heterocycles. The molecule has 5 heteroatoms. The lowest BCUT2D eigenvalue weighted by molar-refractivity contribution is -0.131. The molecule has 0 saturated carbocycles. The summed E-state index contributed by atoms with van der Waals surface area (Å²) in [6.07, 6.45) is 2.50. The predicted octanol–water partition coefficient (Wildman–Crippen LogP) is 2.95. The number of carboxylic acids is 1. The van der Waals surface area contributed by atoms with E-state index in [1.165, 1.54) is 6.08 Å². The molecule has 0 fully saturated rings. The van der Waals surface area contributed by atoms with Crippen molar-refractivity contribution < 1.29 is 14.7 Å². The molecule has 0 aliphatic heterocycles. The van der Waals surface area contributed by atoms with Gasteiger partial charge in [0.1, 0.15) is 0 Å². The molecule has 0 heterocycles. The highest BCUT2D eigenvalue weighted by atomic mass is 16.4. The Bertz CT molecular complexity index is 804. The molecule has 2 rings (SSSR count). The normalized spacial score (nSPS) is 10.2. The Labute approximate surface area is 133 Å². The highest BCUT2D eigenvalue weighted by Crippen LogP contribution is 2.17. The summed E-state index contributed by atoms with van der Waals surface area (Å²) < 4.78 is 0. The van der Waals surface area contributed by atoms with Gasteiger partial charge in [-0.3, -0.25) is 4.79 Å². The maximum atomic E-state index is 12.2. The van der Waals surface area contributed by atoms with Crippen molar-refractivity contribution in [1.29, 1.82) is 5.26 Å². The number of carbonyl (C=O) groups excluding carboxylic acids is 1. The Morgan fingerprint density at radius 3 is 2.70 bits per heavy atom. The molecular formula is C18H14N2O3. The second-order valence-corrected chi connectivity index (χ2v) is 4.73. The number of benzene rings is 2. The van der Waals surface area contributed by atoms with Crippen LogP contribution in [0.25, 0.3) is 6.08 Å². The van der Waals surface area contributed by atoms with Crippen molar-refractivity contribution in [2.45, 2.75) is 0 Å². The number of ketones is 1. The zero-order valence-corrected chi connectivity index (χ0v) is 12.2. The van der Waals surface area contributed by atoms with Crippen molar-refractivity contribution in [1.82, 2.24) is 0 Å². The van der Waals surface area contributed by atoms with Crippen LogP contribution in [0.15, 0.2) is 54.6 Å². The third-order valence-corrected chi connectivity index (χ3v) is 3.12. The lowest BCUT2D eigenvalue weighted by atomic mass is 10.1. The van der Waals surface area contributed by atoms with E-state index < -0.39 is 5.97 Å². The standard InChI is InChI=1S/C18H14N2O3/c19-11-13-4-3-6-15(10-13)17(21)12-20-16-7-2-1-5-14(16)8-9-18(22)23/h1-10,20H,12H2,(H,22,23)/b9-8+. The van der Waals surface area contributed by atoms with Crippen molar-refractivity contribution in [3.8, 4) is 6.07 Å². The Kier molecular flexibility index (Phi) is 5.26. The number of aliphatic carboxylic acids is 1. The number of Topliss-reactive ketones (excluding diaryl/α,β-unsaturated/α-hetero) is 1. The van der Waals surface area contributed by atoms with Crippen LogP contribution in [-0.2, 0) is 4.79 Å². The van der Waals surface area contributed by atoms with Gasteiger partial charge in [-0.25, -0.2) is 4.79 Å². The molecule has 0 aliphatic carbocycles. The first kappa shape index (κ1) is 16.0. The van der Waals surface area contributed by atoms with Crippen LogP contribution in [-0.4, -0.2) is 23.4 Å². The van der Waals surface area contributed by atoms with Crippen LogP contribution in [0.2, 0.25) is 0 Å². The van der Waals surface area contributed by atoms with Gasteiger partial charge in [-0.2, -0.15) is 5.26 Å². The molecule has 2 aromatic carbocycles. The molecule has 0 bridgehead atoms. The zero-order chi connectivity index (χ0) is 16.7. The molecule has 0 spiro atoms. The summed E-state index contributed by atoms with van der Waals surface area (Å²) in [5.74, 6) is -1.19. The highest BCUT2D eigenvalue weighted by Gasteiger charge is 2.07. The predicted molar refractivity (Wildman–Crippen MR) is 87.1 cm³/mol. The average molecular weight is 306 g/mol. The van der Waals surface area contributed by atoms with Gasteiger partial charge in [-0.1, -0.05) is 30.3 Å². The lowest BCUT2D eigenvalue weighted by Gasteiger charge is -2.09. The second kappa shape index (κ2) is 7.57. The molecule has 0 aromatic heterocycles. The van der Waals surface area contributed by atoms with Crippen molar-refractivity contribution in [2.24, 2.45) is 0 Å². The lowest BCUT2D eigenvalue weighted by Crippen LogP contribution is -2.14. The number of rotatable bonds is 6. The number of carbonyl (C=O) groups is 2. The monoisotopic (exact) mass is 306 g/mol. The summed E-state index contributed by atoms with van der Waals surface area (Å²) in [6, 6.07) is 15.6. The number of nitrogens with one attached hydrogen (secondary N) is 1. The van der Waals surface area contributed by atoms with Gasteiger partial charge < -0.3 is 10.4 Å². The number of anilines is 1. The van der Waals surface area contributed by atoms with Crippen LogP contribution in [0.3, 0.4) is 0 Å². The molecular weight excluding hydrogens is 292 g/mol. The Hall–Kier alpha value is -3.39. The Balaban J connectivity index is 2.10. The molecule has 0 amide bonds. The fraction of sp³-hybridized carbons (Fsp3) is 0.0556. The van der Waals surface area contributed by atoms with Crippen LogP contribution in [0, 0.1) is 11.3 Å². The SMILES string of the molecule is N#Cc1cccc(C(=O)CNc2ccccc2/C=C/C(=O)O)c1. The van der Waals surface area contributed by atoms with Crippen LogP contribution < -0.4 is 5.32 Å². The zero-order valence-electron chi connectivity index (χ0n) is 12.2. The Morgan fingerprint density at radius 2 is 1.96 bits per heavy atom. The van der Waals surface area contributed by atoms with E-state index >= 15 is 0 Å². The number of hydrogen-bond acceptors (Lipinski definition) is 4. The fourth-order valence-corrected chi connectivity index (χ4v) is 2.00. The van der Waals surface area contributed by atoms with Gasteiger partial charge >= 0.3 is 5.97 Å². The van der Waals surface area contributed by atoms with Gasteiger partial charge in [0, 0.05) is 17.3 Å². The molecule has 2 N–H and O–H groups in total. The van der Waals surface area contributed by atoms with Crippen molar-refractivity contribution in [2.75, 3.05) is 11.9 Å². The number of hydrogen-bond donors (Lipinski definition) is 2. The molecule has 5 nitrogen and oxygen atoms in total. The molecule has 0 atom stereocenters. The van der Waals surface area contributed by atoms with Gasteiger partial charge in [0.2, 0.25) is 0 Å². The molecule has 2 aromatic rings. The highest BCUT2D eigenvalue weighted by molar-refractivity contribution is 5.99. The summed E-state index contributed by atoms with van der Waals surface area (Å²) >= 11 is 0. The molecule has 0 radical (unpaired) electrons. The molecule has 0 unspecified atom stereocenters. The maximum Gasteiger partial charge on any atom is 0.328 e. The van der Waals surface area contributed by atoms with E-state index in [9.17, 15) is 9.59 Å². The minimum atomic E-state index is -1.04. The van der Waals surface area contributed by atoms with E-state index in [0.29, 0.717) is 22.4 Å². The topological polar surface area (TPSA) is 90.2 Å². The smallest absolute Gasteiger partial charge is 0.328 e. The molecule has 0 aliphatic rings. The molecule has 23 heavy (non-hydrogen) atoms. The van der Waals surface area contributed by atoms with Crippen LogP contribution in [0.5, 0.6) is 0 Å². The van der Waals surface area contributed by atoms with Gasteiger partial charge in [0.05, 0.1) is 18.2 Å². The van der Waals surface area contributed by atoms with Crippen LogP contribution >= 0.6 is 0 Å². The van der Waals surface area contributed by atoms with Gasteiger partial charge in [-0.15, -0.1) is 0 Å². The quantitative estimate of drug-likeness (QED) is 0.632. The average Bonchev–Trinajstić information content (AvgIpc) is 2.58. The van der Waals surface area contributed by atoms with E-state index in [1.54, 1.807) is 48.5 Å². The largest absolute Gasteiger partial charge is 0.478 e. The van der Waals surface area contributed by atoms with Crippen molar-refractivity contribution in [3.63, 3.8) is 0 Å². The van der Waals surface area contributed by atoms with Crippen LogP contribution in [0.1, 0.15) is 21.5 Å². The van der Waals surface area contributed by atoms with Crippen molar-refractivity contribution in [3.05, 3.63) is 71.3 Å². The number of nitriles is 1. The molecule has 114 valence electrons. The number of carboxylic acid groups (broad SMARTS) is 1. The number of para-hydroxylation sites is 1. The fourth-order valence-electron chi connectivity index (χ4n) is 2.00. The van der Waals surface area contributed by atoms with Crippen molar-refractivity contribution >= 4 is 23.5 Å². The minimum Gasteiger partial charge on any atom is -0.478 e. The van der Waals surface area contributed by atoms with Gasteiger partial charge in [0.25, 0.3) is 0 Å². The maximum absolute atomic E-state index is 12.2. The second-order valence-electron chi connectivity index (χ2n) is 4.73. The first-order chi connectivity index (χ1) is 11.1. The first-order valence-electron chi connectivity index (χ1n) is 6.87. The van der Waals surface area contributed by atoms with E-state index in [4.69, 9.17) is 10.4 Å². The minimum absolute atomic E-state index is 0.0484. The summed E-state index contributed by atoms with van der Waals surface area (Å²) in [6.45, 7) is 0.0484. The third kappa shape index (κ3) is 4.55. The van der Waals surface area contributed by atoms with Crippen LogP contribution in [0.4, 0.5) is 5.69 Å². The summed E-state index contributed by atoms with van der Waals surface area (Å²) in [7, 11) is 0. The van der Waals surface area contributed by atoms with Gasteiger partial charge in [0.15, 0.2) is 5.78 Å². The number of nitrogens with zero attached hydrogens (tertiary/aromatic N) is 1. The van der Waals surface area contributed by atoms with E-state index in [0.717, 1.165) is 6.08 Å². The third-order valence-electron chi connectivity index (χ3n) is 3.12. The summed E-state index contributed by atoms with van der Waals surface area (Å²) in [5, 5.41) is 20.5. The Morgan fingerprint density at radius 1 is 1.17 bits per heavy atom. The van der Waals surface area contributed by atoms with E-state index in [2.05, 4.69) is 5.32 Å². The summed E-state index contributed by atoms with van der Waals surface area (Å²) in [5.41, 5.74) is 2.22. The van der Waals surface area contributed by atoms with E-state index in [1.807, 2.05) is 6.07 Å².